The average Bonchev–Trinajstić information content (AvgIpc) is 2.81. The summed E-state index contributed by atoms with van der Waals surface area (Å²) in [6, 6.07) is 5.14. The van der Waals surface area contributed by atoms with Crippen LogP contribution in [0.5, 0.6) is 11.6 Å². The number of nitrogens with one attached hydrogen (secondary N) is 1. The molecule has 0 bridgehead atoms. The molecule has 1 aliphatic heterocycles. The van der Waals surface area contributed by atoms with Gasteiger partial charge in [-0.3, -0.25) is 14.2 Å². The van der Waals surface area contributed by atoms with Crippen molar-refractivity contribution in [2.24, 2.45) is 4.99 Å². The molecule has 0 saturated carbocycles. The number of fused-ring (bicyclic) bond motifs is 1. The summed E-state index contributed by atoms with van der Waals surface area (Å²) in [5.41, 5.74) is 0.323. The second kappa shape index (κ2) is 5.89. The predicted molar refractivity (Wildman–Crippen MR) is 88.8 cm³/mol. The highest BCUT2D eigenvalue weighted by Crippen LogP contribution is 2.21. The Balaban J connectivity index is 2.22. The van der Waals surface area contributed by atoms with Crippen LogP contribution in [-0.4, -0.2) is 33.6 Å². The minimum atomic E-state index is -0.478. The van der Waals surface area contributed by atoms with Gasteiger partial charge in [0.15, 0.2) is 4.77 Å². The van der Waals surface area contributed by atoms with Crippen molar-refractivity contribution in [3.05, 3.63) is 44.8 Å². The summed E-state index contributed by atoms with van der Waals surface area (Å²) < 4.78 is 6.32. The van der Waals surface area contributed by atoms with Crippen LogP contribution in [0, 0.1) is 4.77 Å². The molecule has 0 unspecified atom stereocenters. The van der Waals surface area contributed by atoms with Crippen molar-refractivity contribution >= 4 is 36.2 Å². The highest BCUT2D eigenvalue weighted by Gasteiger charge is 2.17. The van der Waals surface area contributed by atoms with Crippen LogP contribution in [-0.2, 0) is 4.79 Å². The predicted octanol–water partition coefficient (Wildman–Crippen LogP) is 0.944. The van der Waals surface area contributed by atoms with Crippen molar-refractivity contribution in [3.8, 4) is 11.6 Å². The van der Waals surface area contributed by atoms with Gasteiger partial charge in [0.1, 0.15) is 11.4 Å². The molecule has 8 heteroatoms. The third kappa shape index (κ3) is 2.67. The normalized spacial score (nSPS) is 14.8. The van der Waals surface area contributed by atoms with Gasteiger partial charge in [-0.05, 0) is 42.6 Å². The van der Waals surface area contributed by atoms with E-state index in [4.69, 9.17) is 17.0 Å². The number of imidazole rings is 1. The van der Waals surface area contributed by atoms with Gasteiger partial charge in [-0.25, -0.2) is 4.99 Å². The number of benzene rings is 1. The Labute approximate surface area is 141 Å². The zero-order chi connectivity index (χ0) is 17.4. The Morgan fingerprint density at radius 3 is 2.88 bits per heavy atom. The van der Waals surface area contributed by atoms with E-state index in [-0.39, 0.29) is 27.8 Å². The fourth-order valence-electron chi connectivity index (χ4n) is 2.41. The minimum absolute atomic E-state index is 0.0501. The van der Waals surface area contributed by atoms with Crippen LogP contribution in [0.4, 0.5) is 0 Å². The lowest BCUT2D eigenvalue weighted by atomic mass is 10.1. The molecule has 7 nitrogen and oxygen atoms in total. The number of hydrogen-bond donors (Lipinski definition) is 2. The van der Waals surface area contributed by atoms with E-state index >= 15 is 0 Å². The van der Waals surface area contributed by atoms with Gasteiger partial charge >= 0.3 is 0 Å². The van der Waals surface area contributed by atoms with E-state index in [0.29, 0.717) is 16.3 Å². The highest BCUT2D eigenvalue weighted by molar-refractivity contribution is 7.71. The molecule has 1 aliphatic rings. The van der Waals surface area contributed by atoms with Gasteiger partial charge in [-0.15, -0.1) is 0 Å². The first-order chi connectivity index (χ1) is 11.4. The van der Waals surface area contributed by atoms with E-state index in [0.717, 1.165) is 4.57 Å². The molecule has 0 radical (unpaired) electrons. The summed E-state index contributed by atoms with van der Waals surface area (Å²) in [5.74, 6) is -0.523. The molecule has 0 aliphatic carbocycles. The van der Waals surface area contributed by atoms with Crippen molar-refractivity contribution in [3.63, 3.8) is 0 Å². The SMILES string of the molecule is COc1ccc2c(c1)=CC(=Cc1c(O)[nH]c(=S)n1C(C)=O)C(=O)N=2. The van der Waals surface area contributed by atoms with Gasteiger partial charge in [-0.2, -0.15) is 0 Å². The Morgan fingerprint density at radius 1 is 1.46 bits per heavy atom. The Hall–Kier alpha value is -3.00. The Kier molecular flexibility index (Phi) is 3.90. The largest absolute Gasteiger partial charge is 0.497 e. The summed E-state index contributed by atoms with van der Waals surface area (Å²) in [4.78, 5) is 30.4. The number of H-pyrrole nitrogens is 1. The van der Waals surface area contributed by atoms with Crippen LogP contribution >= 0.6 is 12.2 Å². The first-order valence-corrected chi connectivity index (χ1v) is 7.37. The number of carbonyl (C=O) groups is 2. The molecule has 0 fully saturated rings. The number of hydrogen-bond acceptors (Lipinski definition) is 5. The molecule has 3 rings (SSSR count). The number of nitrogens with zero attached hydrogens (tertiary/aromatic N) is 2. The van der Waals surface area contributed by atoms with Crippen LogP contribution in [0.1, 0.15) is 17.4 Å². The molecule has 1 aromatic heterocycles. The molecule has 2 N–H and O–H groups in total. The van der Waals surface area contributed by atoms with Gasteiger partial charge in [0.05, 0.1) is 12.5 Å². The number of amides is 1. The number of carbonyl (C=O) groups excluding carboxylic acids is 2. The third-order valence-electron chi connectivity index (χ3n) is 3.53. The number of aromatic hydroxyl groups is 1. The molecular formula is C16H13N3O4S. The molecule has 122 valence electrons. The van der Waals surface area contributed by atoms with Crippen molar-refractivity contribution in [2.75, 3.05) is 7.11 Å². The number of ether oxygens (including phenoxy) is 1. The summed E-state index contributed by atoms with van der Waals surface area (Å²) in [6.45, 7) is 1.31. The number of rotatable bonds is 2. The van der Waals surface area contributed by atoms with Gasteiger partial charge in [0.2, 0.25) is 11.8 Å². The van der Waals surface area contributed by atoms with Crippen molar-refractivity contribution < 1.29 is 19.4 Å². The van der Waals surface area contributed by atoms with E-state index in [1.165, 1.54) is 13.0 Å². The highest BCUT2D eigenvalue weighted by atomic mass is 32.1. The van der Waals surface area contributed by atoms with E-state index in [2.05, 4.69) is 9.98 Å². The van der Waals surface area contributed by atoms with Crippen molar-refractivity contribution in [1.82, 2.24) is 9.55 Å². The van der Waals surface area contributed by atoms with Gasteiger partial charge in [0, 0.05) is 17.7 Å². The maximum absolute atomic E-state index is 12.2. The summed E-state index contributed by atoms with van der Waals surface area (Å²) in [7, 11) is 1.54. The van der Waals surface area contributed by atoms with Crippen molar-refractivity contribution in [1.29, 1.82) is 0 Å². The molecular weight excluding hydrogens is 330 g/mol. The van der Waals surface area contributed by atoms with Gasteiger partial charge in [0.25, 0.3) is 5.91 Å². The first-order valence-electron chi connectivity index (χ1n) is 6.96. The monoisotopic (exact) mass is 343 g/mol. The standard InChI is InChI=1S/C16H13N3O4S/c1-8(20)19-13(15(22)18-16(19)24)7-10-5-9-6-11(23-2)3-4-12(9)17-14(10)21/h3-7,22H,1-2H3,(H,18,24). The summed E-state index contributed by atoms with van der Waals surface area (Å²) in [5, 5.41) is 11.2. The second-order valence-corrected chi connectivity index (χ2v) is 5.49. The second-order valence-electron chi connectivity index (χ2n) is 5.10. The Bertz CT molecular complexity index is 1080. The average molecular weight is 343 g/mol. The van der Waals surface area contributed by atoms with E-state index in [9.17, 15) is 14.7 Å². The van der Waals surface area contributed by atoms with Crippen molar-refractivity contribution in [2.45, 2.75) is 6.92 Å². The molecule has 0 saturated heterocycles. The lowest BCUT2D eigenvalue weighted by Gasteiger charge is -2.06. The maximum atomic E-state index is 12.2. The van der Waals surface area contributed by atoms with Gasteiger partial charge < -0.3 is 14.8 Å². The van der Waals surface area contributed by atoms with E-state index < -0.39 is 5.91 Å². The van der Waals surface area contributed by atoms with E-state index in [1.807, 2.05) is 0 Å². The van der Waals surface area contributed by atoms with Crippen LogP contribution in [0.25, 0.3) is 12.2 Å². The molecule has 2 aromatic rings. The molecule has 1 amide bonds. The zero-order valence-electron chi connectivity index (χ0n) is 12.9. The lowest BCUT2D eigenvalue weighted by Crippen LogP contribution is -2.30. The maximum Gasteiger partial charge on any atom is 0.277 e. The van der Waals surface area contributed by atoms with Crippen LogP contribution < -0.4 is 15.3 Å². The Morgan fingerprint density at radius 2 is 2.21 bits per heavy atom. The van der Waals surface area contributed by atoms with Crippen LogP contribution in [0.15, 0.2) is 28.8 Å². The quantitative estimate of drug-likeness (QED) is 0.625. The smallest absolute Gasteiger partial charge is 0.277 e. The molecule has 1 aromatic carbocycles. The summed E-state index contributed by atoms with van der Waals surface area (Å²) >= 11 is 4.99. The minimum Gasteiger partial charge on any atom is -0.497 e. The van der Waals surface area contributed by atoms with Crippen LogP contribution in [0.3, 0.4) is 0 Å². The molecule has 0 atom stereocenters. The number of methoxy groups -OCH3 is 1. The summed E-state index contributed by atoms with van der Waals surface area (Å²) in [6.07, 6.45) is 2.99. The topological polar surface area (TPSA) is 96.7 Å². The molecule has 24 heavy (non-hydrogen) atoms. The zero-order valence-corrected chi connectivity index (χ0v) is 13.7. The van der Waals surface area contributed by atoms with Gasteiger partial charge in [-0.1, -0.05) is 0 Å². The van der Waals surface area contributed by atoms with Crippen LogP contribution in [0.2, 0.25) is 0 Å². The fraction of sp³-hybridized carbons (Fsp3) is 0.125. The molecule has 0 spiro atoms. The number of aromatic nitrogens is 2. The van der Waals surface area contributed by atoms with E-state index in [1.54, 1.807) is 31.4 Å². The fourth-order valence-corrected chi connectivity index (χ4v) is 2.74. The lowest BCUT2D eigenvalue weighted by molar-refractivity contribution is -0.114. The number of aromatic amines is 1. The third-order valence-corrected chi connectivity index (χ3v) is 3.82. The molecule has 2 heterocycles. The first kappa shape index (κ1) is 15.9.